The van der Waals surface area contributed by atoms with Crippen LogP contribution >= 0.6 is 0 Å². The summed E-state index contributed by atoms with van der Waals surface area (Å²) in [5.41, 5.74) is 2.64. The smallest absolute Gasteiger partial charge is 0.255 e. The van der Waals surface area contributed by atoms with Crippen molar-refractivity contribution in [3.63, 3.8) is 0 Å². The van der Waals surface area contributed by atoms with Gasteiger partial charge in [-0.15, -0.1) is 0 Å². The van der Waals surface area contributed by atoms with E-state index in [0.717, 1.165) is 0 Å². The maximum Gasteiger partial charge on any atom is 0.255 e. The van der Waals surface area contributed by atoms with Crippen LogP contribution in [0.5, 0.6) is 0 Å². The summed E-state index contributed by atoms with van der Waals surface area (Å²) in [6.45, 7) is 2.79. The van der Waals surface area contributed by atoms with Crippen LogP contribution in [0.4, 0.5) is 15.8 Å². The van der Waals surface area contributed by atoms with Crippen LogP contribution in [0.15, 0.2) is 72.3 Å². The Morgan fingerprint density at radius 2 is 1.89 bits per heavy atom. The number of aliphatic hydroxyl groups excluding tert-OH is 2. The number of nitrogens with one attached hydrogen (secondary N) is 1. The molecule has 45 heavy (non-hydrogen) atoms. The zero-order valence-electron chi connectivity index (χ0n) is 25.2. The van der Waals surface area contributed by atoms with E-state index in [2.05, 4.69) is 5.32 Å². The number of ketones is 2. The van der Waals surface area contributed by atoms with E-state index in [4.69, 9.17) is 15.2 Å². The van der Waals surface area contributed by atoms with E-state index in [1.165, 1.54) is 12.2 Å². The summed E-state index contributed by atoms with van der Waals surface area (Å²) in [6, 6.07) is 13.5. The Bertz CT molecular complexity index is 1660. The van der Waals surface area contributed by atoms with E-state index in [1.807, 2.05) is 6.92 Å². The third kappa shape index (κ3) is 4.02. The average Bonchev–Trinajstić information content (AvgIpc) is 3.51. The molecule has 1 aliphatic heterocycles. The Morgan fingerprint density at radius 3 is 2.60 bits per heavy atom. The lowest BCUT2D eigenvalue weighted by atomic mass is 9.44. The minimum absolute atomic E-state index is 0.0866. The minimum Gasteiger partial charge on any atom is -0.399 e. The Hall–Kier alpha value is -3.70. The van der Waals surface area contributed by atoms with Crippen molar-refractivity contribution in [1.29, 1.82) is 0 Å². The summed E-state index contributed by atoms with van der Waals surface area (Å²) in [5, 5.41) is 24.7. The Morgan fingerprint density at radius 1 is 1.13 bits per heavy atom. The van der Waals surface area contributed by atoms with E-state index in [1.54, 1.807) is 61.5 Å². The first-order chi connectivity index (χ1) is 21.4. The van der Waals surface area contributed by atoms with Crippen molar-refractivity contribution in [2.45, 2.75) is 69.3 Å². The van der Waals surface area contributed by atoms with Gasteiger partial charge in [-0.25, -0.2) is 4.39 Å². The van der Waals surface area contributed by atoms with Crippen LogP contribution in [0.25, 0.3) is 0 Å². The highest BCUT2D eigenvalue weighted by Crippen LogP contribution is 2.72. The van der Waals surface area contributed by atoms with Gasteiger partial charge in [-0.1, -0.05) is 36.8 Å². The lowest BCUT2D eigenvalue weighted by Crippen LogP contribution is -2.69. The maximum absolute atomic E-state index is 17.5. The molecule has 0 aromatic heterocycles. The van der Waals surface area contributed by atoms with Gasteiger partial charge in [0.25, 0.3) is 5.91 Å². The number of fused-ring (bicyclic) bond motifs is 7. The molecule has 0 spiro atoms. The molecule has 0 radical (unpaired) electrons. The molecule has 9 atom stereocenters. The van der Waals surface area contributed by atoms with Gasteiger partial charge in [0, 0.05) is 39.2 Å². The number of nitrogen functional groups attached to an aromatic ring is 1. The molecule has 5 aliphatic rings. The maximum atomic E-state index is 17.5. The number of halogens is 1. The fraction of sp³-hybridized carbons (Fsp3) is 0.457. The number of rotatable bonds is 5. The molecule has 3 saturated carbocycles. The number of nitrogens with two attached hydrogens (primary N) is 1. The molecule has 236 valence electrons. The number of amides is 1. The van der Waals surface area contributed by atoms with Crippen molar-refractivity contribution in [1.82, 2.24) is 0 Å². The molecule has 2 aromatic carbocycles. The van der Waals surface area contributed by atoms with E-state index >= 15 is 4.39 Å². The summed E-state index contributed by atoms with van der Waals surface area (Å²) in [6.07, 6.45) is 2.34. The molecule has 10 heteroatoms. The molecule has 4 fully saturated rings. The molecular formula is C35H37FN2O7. The number of alkyl halides is 1. The van der Waals surface area contributed by atoms with Gasteiger partial charge in [0.15, 0.2) is 29.1 Å². The average molecular weight is 617 g/mol. The molecule has 1 amide bonds. The van der Waals surface area contributed by atoms with Gasteiger partial charge >= 0.3 is 0 Å². The van der Waals surface area contributed by atoms with Gasteiger partial charge in [-0.2, -0.15) is 0 Å². The van der Waals surface area contributed by atoms with Gasteiger partial charge in [0.2, 0.25) is 0 Å². The molecule has 1 saturated heterocycles. The quantitative estimate of drug-likeness (QED) is 0.365. The largest absolute Gasteiger partial charge is 0.399 e. The second-order valence-corrected chi connectivity index (χ2v) is 13.6. The van der Waals surface area contributed by atoms with Crippen molar-refractivity contribution in [3.05, 3.63) is 83.5 Å². The molecule has 7 rings (SSSR count). The minimum atomic E-state index is -2.07. The third-order valence-corrected chi connectivity index (χ3v) is 11.5. The van der Waals surface area contributed by atoms with Crippen LogP contribution in [0.3, 0.4) is 0 Å². The number of aliphatic hydroxyl groups is 2. The molecule has 5 N–H and O–H groups in total. The Balaban J connectivity index is 1.17. The zero-order chi connectivity index (χ0) is 31.9. The normalized spacial score (nSPS) is 39.7. The monoisotopic (exact) mass is 616 g/mol. The van der Waals surface area contributed by atoms with Crippen molar-refractivity contribution in [3.8, 4) is 0 Å². The highest BCUT2D eigenvalue weighted by Gasteiger charge is 2.79. The van der Waals surface area contributed by atoms with Gasteiger partial charge in [-0.3, -0.25) is 14.4 Å². The number of hydrogen-bond acceptors (Lipinski definition) is 8. The Labute approximate surface area is 260 Å². The molecule has 4 aliphatic carbocycles. The van der Waals surface area contributed by atoms with Crippen LogP contribution in [0, 0.1) is 22.7 Å². The second kappa shape index (κ2) is 10.2. The zero-order valence-corrected chi connectivity index (χ0v) is 25.2. The van der Waals surface area contributed by atoms with Crippen molar-refractivity contribution in [2.75, 3.05) is 17.7 Å². The fourth-order valence-electron chi connectivity index (χ4n) is 9.33. The third-order valence-electron chi connectivity index (χ3n) is 11.5. The van der Waals surface area contributed by atoms with Crippen LogP contribution in [0.1, 0.15) is 61.7 Å². The van der Waals surface area contributed by atoms with Crippen molar-refractivity contribution in [2.24, 2.45) is 22.7 Å². The molecule has 0 bridgehead atoms. The molecule has 9 nitrogen and oxygen atoms in total. The van der Waals surface area contributed by atoms with E-state index in [9.17, 15) is 24.6 Å². The van der Waals surface area contributed by atoms with E-state index in [-0.39, 0.29) is 18.1 Å². The first-order valence-corrected chi connectivity index (χ1v) is 15.4. The topological polar surface area (TPSA) is 148 Å². The van der Waals surface area contributed by atoms with Crippen LogP contribution in [-0.4, -0.2) is 57.8 Å². The molecule has 2 aromatic rings. The molecule has 0 unspecified atom stereocenters. The highest BCUT2D eigenvalue weighted by atomic mass is 19.1. The SMILES string of the molecule is C[C@]12C=CC(=O)C=C1CC[C@H]1[C@@H]3C[C@H]4O[C@H](c5ccc(C(=O)Nc6cccc(N)c6)cc5)O[C@@]4(C(=O)CO)[C@@]3(C)C[C@H](O)[C@@]12F. The number of allylic oxidation sites excluding steroid dienone is 4. The van der Waals surface area contributed by atoms with Crippen LogP contribution in [0.2, 0.25) is 0 Å². The first-order valence-electron chi connectivity index (χ1n) is 15.4. The number of carbonyl (C=O) groups excluding carboxylic acids is 3. The number of carbonyl (C=O) groups is 3. The van der Waals surface area contributed by atoms with E-state index < -0.39 is 64.8 Å². The first kappa shape index (κ1) is 30.0. The summed E-state index contributed by atoms with van der Waals surface area (Å²) in [5.74, 6) is -2.12. The van der Waals surface area contributed by atoms with Crippen molar-refractivity contribution < 1.29 is 38.5 Å². The lowest BCUT2D eigenvalue weighted by molar-refractivity contribution is -0.231. The van der Waals surface area contributed by atoms with Crippen LogP contribution in [-0.2, 0) is 19.1 Å². The number of hydrogen-bond donors (Lipinski definition) is 4. The fourth-order valence-corrected chi connectivity index (χ4v) is 9.33. The number of anilines is 2. The summed E-state index contributed by atoms with van der Waals surface area (Å²) >= 11 is 0. The summed E-state index contributed by atoms with van der Waals surface area (Å²) in [4.78, 5) is 38.7. The van der Waals surface area contributed by atoms with E-state index in [0.29, 0.717) is 47.3 Å². The molecule has 1 heterocycles. The van der Waals surface area contributed by atoms with Crippen LogP contribution < -0.4 is 11.1 Å². The van der Waals surface area contributed by atoms with Gasteiger partial charge in [0.05, 0.1) is 12.2 Å². The second-order valence-electron chi connectivity index (χ2n) is 13.6. The Kier molecular flexibility index (Phi) is 6.76. The van der Waals surface area contributed by atoms with Gasteiger partial charge in [-0.05, 0) is 81.0 Å². The predicted molar refractivity (Wildman–Crippen MR) is 163 cm³/mol. The summed E-state index contributed by atoms with van der Waals surface area (Å²) in [7, 11) is 0. The highest BCUT2D eigenvalue weighted by molar-refractivity contribution is 6.04. The molecular weight excluding hydrogens is 579 g/mol. The van der Waals surface area contributed by atoms with Crippen molar-refractivity contribution >= 4 is 28.8 Å². The van der Waals surface area contributed by atoms with Gasteiger partial charge < -0.3 is 30.7 Å². The predicted octanol–water partition coefficient (Wildman–Crippen LogP) is 4.22. The number of Topliss-reactive ketones (excluding diaryl/α,β-unsaturated/α-hetero) is 1. The number of ether oxygens (including phenoxy) is 2. The standard InChI is InChI=1S/C35H37FN2O7/c1-32-13-12-24(40)14-21(32)10-11-25-26-16-29-35(28(42)18-39,33(26,2)17-27(41)34(25,32)36)45-31(44-29)20-8-6-19(7-9-20)30(43)38-23-5-3-4-22(37)15-23/h3-9,12-15,25-27,29,31,39,41H,10-11,16-18,37H2,1-2H3,(H,38,43)/t25-,26-,27-,29+,31-,32-,33-,34-,35+/m0/s1. The lowest BCUT2D eigenvalue weighted by Gasteiger charge is -2.62. The number of benzene rings is 2. The summed E-state index contributed by atoms with van der Waals surface area (Å²) < 4.78 is 30.5. The van der Waals surface area contributed by atoms with Gasteiger partial charge in [0.1, 0.15) is 6.61 Å².